The standard InChI is InChI=1S/C16H21N3O2/c1-18-14-7-2-6-13-12(14)5-3-8-15(13)21-11-16(20)19-10-4-9-17/h3,5,8,14,18H,2,4,6-7,10-11H2,1H3,(H,19,20). The van der Waals surface area contributed by atoms with Gasteiger partial charge in [0.05, 0.1) is 12.5 Å². The maximum absolute atomic E-state index is 11.6. The van der Waals surface area contributed by atoms with Crippen molar-refractivity contribution in [2.75, 3.05) is 20.2 Å². The van der Waals surface area contributed by atoms with Crippen LogP contribution in [-0.2, 0) is 11.2 Å². The first kappa shape index (κ1) is 15.3. The Labute approximate surface area is 125 Å². The molecular formula is C16H21N3O2. The molecule has 2 N–H and O–H groups in total. The first-order chi connectivity index (χ1) is 10.3. The summed E-state index contributed by atoms with van der Waals surface area (Å²) < 4.78 is 5.67. The van der Waals surface area contributed by atoms with E-state index in [9.17, 15) is 4.79 Å². The predicted molar refractivity (Wildman–Crippen MR) is 79.9 cm³/mol. The quantitative estimate of drug-likeness (QED) is 0.781. The molecule has 5 nitrogen and oxygen atoms in total. The summed E-state index contributed by atoms with van der Waals surface area (Å²) >= 11 is 0. The summed E-state index contributed by atoms with van der Waals surface area (Å²) in [7, 11) is 1.97. The summed E-state index contributed by atoms with van der Waals surface area (Å²) in [6, 6.07) is 8.36. The molecule has 1 atom stereocenters. The van der Waals surface area contributed by atoms with Crippen molar-refractivity contribution in [1.29, 1.82) is 5.26 Å². The van der Waals surface area contributed by atoms with Crippen LogP contribution >= 0.6 is 0 Å². The second-order valence-electron chi connectivity index (χ2n) is 5.10. The molecule has 112 valence electrons. The van der Waals surface area contributed by atoms with Crippen molar-refractivity contribution >= 4 is 5.91 Å². The lowest BCUT2D eigenvalue weighted by atomic mass is 9.87. The molecule has 2 rings (SSSR count). The lowest BCUT2D eigenvalue weighted by molar-refractivity contribution is -0.123. The zero-order valence-electron chi connectivity index (χ0n) is 12.3. The molecule has 1 aliphatic rings. The van der Waals surface area contributed by atoms with Crippen LogP contribution in [0.4, 0.5) is 0 Å². The molecule has 1 aliphatic carbocycles. The van der Waals surface area contributed by atoms with Gasteiger partial charge in [-0.3, -0.25) is 4.79 Å². The minimum absolute atomic E-state index is 0.00784. The highest BCUT2D eigenvalue weighted by molar-refractivity contribution is 5.77. The van der Waals surface area contributed by atoms with Crippen molar-refractivity contribution < 1.29 is 9.53 Å². The number of fused-ring (bicyclic) bond motifs is 1. The molecule has 0 heterocycles. The summed E-state index contributed by atoms with van der Waals surface area (Å²) in [5.41, 5.74) is 2.47. The Hall–Kier alpha value is -2.06. The topological polar surface area (TPSA) is 74.2 Å². The van der Waals surface area contributed by atoms with Crippen LogP contribution in [0.5, 0.6) is 5.75 Å². The average Bonchev–Trinajstić information content (AvgIpc) is 2.52. The number of ether oxygens (including phenoxy) is 1. The molecule has 0 fully saturated rings. The normalized spacial score (nSPS) is 16.7. The zero-order chi connectivity index (χ0) is 15.1. The smallest absolute Gasteiger partial charge is 0.257 e. The average molecular weight is 287 g/mol. The molecule has 21 heavy (non-hydrogen) atoms. The SMILES string of the molecule is CNC1CCCc2c(OCC(=O)NCCC#N)cccc21. The fourth-order valence-corrected chi connectivity index (χ4v) is 2.70. The van der Waals surface area contributed by atoms with Gasteiger partial charge in [0.15, 0.2) is 6.61 Å². The van der Waals surface area contributed by atoms with Crippen molar-refractivity contribution in [2.45, 2.75) is 31.7 Å². The lowest BCUT2D eigenvalue weighted by Crippen LogP contribution is -2.30. The van der Waals surface area contributed by atoms with Crippen LogP contribution in [0, 0.1) is 11.3 Å². The van der Waals surface area contributed by atoms with Gasteiger partial charge in [-0.05, 0) is 43.5 Å². The molecule has 5 heteroatoms. The van der Waals surface area contributed by atoms with Crippen molar-refractivity contribution in [3.63, 3.8) is 0 Å². The minimum atomic E-state index is -0.191. The van der Waals surface area contributed by atoms with Crippen LogP contribution in [0.15, 0.2) is 18.2 Å². The maximum atomic E-state index is 11.6. The van der Waals surface area contributed by atoms with Gasteiger partial charge in [-0.2, -0.15) is 5.26 Å². The van der Waals surface area contributed by atoms with E-state index in [0.29, 0.717) is 19.0 Å². The fraction of sp³-hybridized carbons (Fsp3) is 0.500. The van der Waals surface area contributed by atoms with Crippen molar-refractivity contribution in [3.05, 3.63) is 29.3 Å². The van der Waals surface area contributed by atoms with Crippen LogP contribution in [0.3, 0.4) is 0 Å². The Kier molecular flexibility index (Phi) is 5.59. The highest BCUT2D eigenvalue weighted by atomic mass is 16.5. The van der Waals surface area contributed by atoms with E-state index in [1.165, 1.54) is 11.1 Å². The molecule has 1 unspecified atom stereocenters. The second kappa shape index (κ2) is 7.65. The van der Waals surface area contributed by atoms with Gasteiger partial charge >= 0.3 is 0 Å². The number of hydrogen-bond donors (Lipinski definition) is 2. The molecule has 1 aromatic carbocycles. The summed E-state index contributed by atoms with van der Waals surface area (Å²) in [5.74, 6) is 0.603. The molecule has 0 bridgehead atoms. The van der Waals surface area contributed by atoms with Crippen LogP contribution in [0.25, 0.3) is 0 Å². The second-order valence-corrected chi connectivity index (χ2v) is 5.10. The summed E-state index contributed by atoms with van der Waals surface area (Å²) in [4.78, 5) is 11.6. The predicted octanol–water partition coefficient (Wildman–Crippen LogP) is 1.69. The van der Waals surface area contributed by atoms with E-state index in [1.54, 1.807) is 0 Å². The molecule has 0 saturated heterocycles. The third-order valence-electron chi connectivity index (χ3n) is 3.73. The number of nitriles is 1. The summed E-state index contributed by atoms with van der Waals surface area (Å²) in [6.45, 7) is 0.361. The van der Waals surface area contributed by atoms with E-state index in [-0.39, 0.29) is 12.5 Å². The highest BCUT2D eigenvalue weighted by Crippen LogP contribution is 2.34. The maximum Gasteiger partial charge on any atom is 0.257 e. The molecule has 0 spiro atoms. The number of hydrogen-bond acceptors (Lipinski definition) is 4. The number of nitrogens with zero attached hydrogens (tertiary/aromatic N) is 1. The lowest BCUT2D eigenvalue weighted by Gasteiger charge is -2.26. The number of nitrogens with one attached hydrogen (secondary N) is 2. The Morgan fingerprint density at radius 3 is 3.14 bits per heavy atom. The zero-order valence-corrected chi connectivity index (χ0v) is 12.3. The van der Waals surface area contributed by atoms with Gasteiger partial charge in [-0.25, -0.2) is 0 Å². The van der Waals surface area contributed by atoms with E-state index in [1.807, 2.05) is 25.2 Å². The number of rotatable bonds is 6. The molecule has 0 aromatic heterocycles. The van der Waals surface area contributed by atoms with Gasteiger partial charge in [-0.1, -0.05) is 12.1 Å². The van der Waals surface area contributed by atoms with E-state index < -0.39 is 0 Å². The Balaban J connectivity index is 1.98. The van der Waals surface area contributed by atoms with Gasteiger partial charge in [0.25, 0.3) is 5.91 Å². The van der Waals surface area contributed by atoms with Gasteiger partial charge in [0, 0.05) is 12.6 Å². The number of amides is 1. The number of carbonyl (C=O) groups is 1. The van der Waals surface area contributed by atoms with E-state index in [4.69, 9.17) is 10.00 Å². The Bertz CT molecular complexity index is 537. The molecule has 0 saturated carbocycles. The molecule has 0 aliphatic heterocycles. The molecular weight excluding hydrogens is 266 g/mol. The first-order valence-electron chi connectivity index (χ1n) is 7.31. The molecule has 1 amide bonds. The summed E-state index contributed by atoms with van der Waals surface area (Å²) in [6.07, 6.45) is 3.55. The summed E-state index contributed by atoms with van der Waals surface area (Å²) in [5, 5.41) is 14.4. The largest absolute Gasteiger partial charge is 0.483 e. The monoisotopic (exact) mass is 287 g/mol. The Morgan fingerprint density at radius 1 is 1.52 bits per heavy atom. The minimum Gasteiger partial charge on any atom is -0.483 e. The van der Waals surface area contributed by atoms with Crippen molar-refractivity contribution in [1.82, 2.24) is 10.6 Å². The number of benzene rings is 1. The van der Waals surface area contributed by atoms with Crippen LogP contribution in [-0.4, -0.2) is 26.1 Å². The van der Waals surface area contributed by atoms with Crippen LogP contribution in [0.1, 0.15) is 36.4 Å². The highest BCUT2D eigenvalue weighted by Gasteiger charge is 2.21. The third kappa shape index (κ3) is 3.96. The van der Waals surface area contributed by atoms with Crippen LogP contribution in [0.2, 0.25) is 0 Å². The van der Waals surface area contributed by atoms with Crippen LogP contribution < -0.4 is 15.4 Å². The first-order valence-corrected chi connectivity index (χ1v) is 7.31. The van der Waals surface area contributed by atoms with E-state index >= 15 is 0 Å². The molecule has 1 aromatic rings. The van der Waals surface area contributed by atoms with Gasteiger partial charge in [-0.15, -0.1) is 0 Å². The fourth-order valence-electron chi connectivity index (χ4n) is 2.70. The van der Waals surface area contributed by atoms with Gasteiger partial charge in [0.1, 0.15) is 5.75 Å². The molecule has 0 radical (unpaired) electrons. The van der Waals surface area contributed by atoms with Gasteiger partial charge < -0.3 is 15.4 Å². The third-order valence-corrected chi connectivity index (χ3v) is 3.73. The number of carbonyl (C=O) groups excluding carboxylic acids is 1. The van der Waals surface area contributed by atoms with E-state index in [2.05, 4.69) is 16.7 Å². The van der Waals surface area contributed by atoms with Gasteiger partial charge in [0.2, 0.25) is 0 Å². The van der Waals surface area contributed by atoms with Crippen molar-refractivity contribution in [3.8, 4) is 11.8 Å². The Morgan fingerprint density at radius 2 is 2.38 bits per heavy atom. The van der Waals surface area contributed by atoms with E-state index in [0.717, 1.165) is 25.0 Å². The van der Waals surface area contributed by atoms with Crippen molar-refractivity contribution in [2.24, 2.45) is 0 Å².